The summed E-state index contributed by atoms with van der Waals surface area (Å²) < 4.78 is 16.9. The highest BCUT2D eigenvalue weighted by atomic mass is 16.5. The van der Waals surface area contributed by atoms with E-state index in [-0.39, 0.29) is 5.97 Å². The summed E-state index contributed by atoms with van der Waals surface area (Å²) in [6.07, 6.45) is 5.07. The molecule has 2 atom stereocenters. The van der Waals surface area contributed by atoms with Crippen molar-refractivity contribution in [2.45, 2.75) is 44.2 Å². The second-order valence-electron chi connectivity index (χ2n) is 8.73. The van der Waals surface area contributed by atoms with Gasteiger partial charge in [0.05, 0.1) is 25.5 Å². The molecule has 1 fully saturated rings. The first-order valence-electron chi connectivity index (χ1n) is 12.3. The van der Waals surface area contributed by atoms with Crippen molar-refractivity contribution in [3.8, 4) is 5.75 Å². The largest absolute Gasteiger partial charge is 0.493 e. The van der Waals surface area contributed by atoms with Crippen LogP contribution >= 0.6 is 0 Å². The van der Waals surface area contributed by atoms with Crippen molar-refractivity contribution in [3.63, 3.8) is 0 Å². The fourth-order valence-electron chi connectivity index (χ4n) is 4.31. The molecule has 0 saturated carbocycles. The van der Waals surface area contributed by atoms with Crippen LogP contribution in [0.3, 0.4) is 0 Å². The van der Waals surface area contributed by atoms with Gasteiger partial charge in [0.2, 0.25) is 0 Å². The molecule has 2 unspecified atom stereocenters. The van der Waals surface area contributed by atoms with Gasteiger partial charge in [0.25, 0.3) is 0 Å². The van der Waals surface area contributed by atoms with Crippen LogP contribution in [0.4, 0.5) is 0 Å². The molecule has 1 aliphatic heterocycles. The average molecular weight is 472 g/mol. The van der Waals surface area contributed by atoms with E-state index in [1.807, 2.05) is 84.9 Å². The van der Waals surface area contributed by atoms with E-state index in [1.54, 1.807) is 0 Å². The Hall–Kier alpha value is -3.44. The Kier molecular flexibility index (Phi) is 9.07. The van der Waals surface area contributed by atoms with Gasteiger partial charge in [0.1, 0.15) is 5.75 Å². The maximum Gasteiger partial charge on any atom is 0.330 e. The number of benzene rings is 3. The minimum Gasteiger partial charge on any atom is -0.493 e. The summed E-state index contributed by atoms with van der Waals surface area (Å²) >= 11 is 0. The van der Waals surface area contributed by atoms with Gasteiger partial charge in [-0.3, -0.25) is 4.99 Å². The lowest BCUT2D eigenvalue weighted by atomic mass is 10.0. The average Bonchev–Trinajstić information content (AvgIpc) is 2.92. The van der Waals surface area contributed by atoms with E-state index in [9.17, 15) is 4.79 Å². The number of ether oxygens (including phenoxy) is 3. The number of rotatable bonds is 10. The highest BCUT2D eigenvalue weighted by molar-refractivity contribution is 6.13. The van der Waals surface area contributed by atoms with E-state index in [0.717, 1.165) is 54.0 Å². The van der Waals surface area contributed by atoms with Crippen molar-refractivity contribution in [3.05, 3.63) is 102 Å². The molecule has 0 radical (unpaired) electrons. The Morgan fingerprint density at radius 1 is 0.971 bits per heavy atom. The third-order valence-electron chi connectivity index (χ3n) is 6.16. The first kappa shape index (κ1) is 24.7. The summed E-state index contributed by atoms with van der Waals surface area (Å²) in [6.45, 7) is 1.46. The van der Waals surface area contributed by atoms with E-state index in [1.165, 1.54) is 13.5 Å². The predicted molar refractivity (Wildman–Crippen MR) is 138 cm³/mol. The predicted octanol–water partition coefficient (Wildman–Crippen LogP) is 5.65. The molecule has 0 amide bonds. The molecule has 3 aromatic carbocycles. The lowest BCUT2D eigenvalue weighted by molar-refractivity contribution is -0.142. The molecule has 0 aliphatic carbocycles. The molecule has 182 valence electrons. The minimum atomic E-state index is -0.679. The summed E-state index contributed by atoms with van der Waals surface area (Å²) in [5.41, 5.74) is 3.64. The van der Waals surface area contributed by atoms with Gasteiger partial charge < -0.3 is 14.2 Å². The Bertz CT molecular complexity index is 1050. The van der Waals surface area contributed by atoms with Crippen molar-refractivity contribution in [2.24, 2.45) is 4.99 Å². The summed E-state index contributed by atoms with van der Waals surface area (Å²) in [7, 11) is 1.41. The van der Waals surface area contributed by atoms with Crippen molar-refractivity contribution in [1.82, 2.24) is 0 Å². The van der Waals surface area contributed by atoms with Crippen molar-refractivity contribution >= 4 is 11.7 Å². The number of methoxy groups -OCH3 is 1. The molecule has 0 bridgehead atoms. The normalized spacial score (nSPS) is 16.2. The molecule has 5 nitrogen and oxygen atoms in total. The lowest BCUT2D eigenvalue weighted by Crippen LogP contribution is -2.25. The van der Waals surface area contributed by atoms with Gasteiger partial charge in [-0.1, -0.05) is 72.8 Å². The summed E-state index contributed by atoms with van der Waals surface area (Å²) in [5.74, 6) is 0.423. The monoisotopic (exact) mass is 471 g/mol. The second kappa shape index (κ2) is 12.9. The number of carbonyl (C=O) groups excluding carboxylic acids is 1. The van der Waals surface area contributed by atoms with Crippen molar-refractivity contribution in [1.29, 1.82) is 0 Å². The van der Waals surface area contributed by atoms with Gasteiger partial charge in [-0.2, -0.15) is 0 Å². The number of hydrogen-bond acceptors (Lipinski definition) is 5. The molecule has 1 heterocycles. The molecule has 1 aliphatic rings. The van der Waals surface area contributed by atoms with Crippen LogP contribution in [0.1, 0.15) is 42.4 Å². The zero-order valence-corrected chi connectivity index (χ0v) is 20.3. The first-order chi connectivity index (χ1) is 17.2. The number of esters is 1. The fraction of sp³-hybridized carbons (Fsp3) is 0.333. The molecule has 35 heavy (non-hydrogen) atoms. The molecule has 0 aromatic heterocycles. The topological polar surface area (TPSA) is 57.1 Å². The van der Waals surface area contributed by atoms with E-state index in [2.05, 4.69) is 0 Å². The Morgan fingerprint density at radius 2 is 1.69 bits per heavy atom. The second-order valence-corrected chi connectivity index (χ2v) is 8.73. The van der Waals surface area contributed by atoms with Crippen molar-refractivity contribution in [2.75, 3.05) is 20.3 Å². The summed E-state index contributed by atoms with van der Waals surface area (Å²) in [6, 6.07) is 27.0. The zero-order valence-electron chi connectivity index (χ0n) is 20.3. The van der Waals surface area contributed by atoms with Gasteiger partial charge in [0, 0.05) is 30.6 Å². The third-order valence-corrected chi connectivity index (χ3v) is 6.16. The smallest absolute Gasteiger partial charge is 0.330 e. The van der Waals surface area contributed by atoms with Crippen LogP contribution in [0.2, 0.25) is 0 Å². The highest BCUT2D eigenvalue weighted by Gasteiger charge is 2.21. The molecule has 4 rings (SSSR count). The molecule has 0 N–H and O–H groups in total. The summed E-state index contributed by atoms with van der Waals surface area (Å²) in [4.78, 5) is 17.7. The van der Waals surface area contributed by atoms with E-state index < -0.39 is 6.04 Å². The molecular formula is C30H33NO4. The van der Waals surface area contributed by atoms with Crippen LogP contribution in [-0.2, 0) is 20.7 Å². The standard InChI is InChI=1S/C30H33NO4/c1-33-30(32)28(31-29(24-12-4-2-5-13-24)25-14-6-3-7-15-25)22-23-11-10-17-27(21-23)35-20-18-26-16-8-9-19-34-26/h2-7,10-15,17,21,26,28H,8-9,16,18-20,22H2,1H3. The van der Waals surface area contributed by atoms with Gasteiger partial charge in [-0.05, 0) is 37.0 Å². The van der Waals surface area contributed by atoms with Crippen LogP contribution in [0.15, 0.2) is 89.9 Å². The van der Waals surface area contributed by atoms with Crippen LogP contribution < -0.4 is 4.74 Å². The molecule has 5 heteroatoms. The molecule has 0 spiro atoms. The highest BCUT2D eigenvalue weighted by Crippen LogP contribution is 2.20. The first-order valence-corrected chi connectivity index (χ1v) is 12.3. The SMILES string of the molecule is COC(=O)C(Cc1cccc(OCCC2CCCCO2)c1)N=C(c1ccccc1)c1ccccc1. The fourth-order valence-corrected chi connectivity index (χ4v) is 4.31. The van der Waals surface area contributed by atoms with Crippen LogP contribution in [0.25, 0.3) is 0 Å². The quantitative estimate of drug-likeness (QED) is 0.283. The number of hydrogen-bond donors (Lipinski definition) is 0. The van der Waals surface area contributed by atoms with E-state index in [0.29, 0.717) is 19.1 Å². The van der Waals surface area contributed by atoms with E-state index in [4.69, 9.17) is 19.2 Å². The summed E-state index contributed by atoms with van der Waals surface area (Å²) in [5, 5.41) is 0. The molecule has 3 aromatic rings. The maximum atomic E-state index is 12.8. The Balaban J connectivity index is 1.52. The van der Waals surface area contributed by atoms with Gasteiger partial charge in [0.15, 0.2) is 6.04 Å². The number of carbonyl (C=O) groups is 1. The van der Waals surface area contributed by atoms with Crippen LogP contribution in [0, 0.1) is 0 Å². The Labute approximate surface area is 207 Å². The molecular weight excluding hydrogens is 438 g/mol. The minimum absolute atomic E-state index is 0.291. The zero-order chi connectivity index (χ0) is 24.3. The van der Waals surface area contributed by atoms with Gasteiger partial charge >= 0.3 is 5.97 Å². The van der Waals surface area contributed by atoms with Crippen LogP contribution in [-0.4, -0.2) is 44.2 Å². The lowest BCUT2D eigenvalue weighted by Gasteiger charge is -2.22. The third kappa shape index (κ3) is 7.27. The van der Waals surface area contributed by atoms with Gasteiger partial charge in [-0.15, -0.1) is 0 Å². The van der Waals surface area contributed by atoms with E-state index >= 15 is 0 Å². The maximum absolute atomic E-state index is 12.8. The Morgan fingerprint density at radius 3 is 2.31 bits per heavy atom. The molecule has 1 saturated heterocycles. The number of aliphatic imine (C=N–C) groups is 1. The van der Waals surface area contributed by atoms with Crippen LogP contribution in [0.5, 0.6) is 5.75 Å². The van der Waals surface area contributed by atoms with Gasteiger partial charge in [-0.25, -0.2) is 4.79 Å². The number of nitrogens with zero attached hydrogens (tertiary/aromatic N) is 1. The van der Waals surface area contributed by atoms with Crippen molar-refractivity contribution < 1.29 is 19.0 Å².